The molecule has 108 valence electrons. The van der Waals surface area contributed by atoms with Gasteiger partial charge in [0.2, 0.25) is 0 Å². The molecule has 19 heavy (non-hydrogen) atoms. The van der Waals surface area contributed by atoms with Crippen molar-refractivity contribution in [1.29, 1.82) is 0 Å². The highest BCUT2D eigenvalue weighted by atomic mass is 35.5. The van der Waals surface area contributed by atoms with Gasteiger partial charge in [-0.15, -0.1) is 12.4 Å². The zero-order valence-electron chi connectivity index (χ0n) is 11.5. The van der Waals surface area contributed by atoms with Gasteiger partial charge in [0.15, 0.2) is 17.3 Å². The zero-order valence-corrected chi connectivity index (χ0v) is 12.3. The van der Waals surface area contributed by atoms with Gasteiger partial charge in [0.25, 0.3) is 0 Å². The van der Waals surface area contributed by atoms with Crippen molar-refractivity contribution in [3.63, 3.8) is 0 Å². The van der Waals surface area contributed by atoms with Gasteiger partial charge in [-0.2, -0.15) is 0 Å². The van der Waals surface area contributed by atoms with Gasteiger partial charge in [-0.25, -0.2) is 4.39 Å². The van der Waals surface area contributed by atoms with Crippen LogP contribution in [0.3, 0.4) is 0 Å². The monoisotopic (exact) mass is 291 g/mol. The standard InChI is InChI=1S/C13H18FNO3.ClH/c1-15(2)6-5-11(16)9-7-12(17-3)13(18-4)8-10(9)14;/h7-8H,5-6H2,1-4H3;1H. The van der Waals surface area contributed by atoms with Crippen LogP contribution < -0.4 is 9.47 Å². The van der Waals surface area contributed by atoms with E-state index in [9.17, 15) is 9.18 Å². The van der Waals surface area contributed by atoms with Crippen molar-refractivity contribution in [3.8, 4) is 11.5 Å². The summed E-state index contributed by atoms with van der Waals surface area (Å²) in [5.74, 6) is -0.204. The van der Waals surface area contributed by atoms with Crippen molar-refractivity contribution in [2.45, 2.75) is 6.42 Å². The molecule has 1 aromatic rings. The lowest BCUT2D eigenvalue weighted by Gasteiger charge is -2.12. The van der Waals surface area contributed by atoms with Crippen LogP contribution in [0.1, 0.15) is 16.8 Å². The van der Waals surface area contributed by atoms with Crippen LogP contribution >= 0.6 is 12.4 Å². The maximum atomic E-state index is 13.8. The molecule has 0 aliphatic heterocycles. The van der Waals surface area contributed by atoms with Crippen molar-refractivity contribution in [1.82, 2.24) is 4.90 Å². The summed E-state index contributed by atoms with van der Waals surface area (Å²) in [6.07, 6.45) is 0.263. The molecule has 1 rings (SSSR count). The maximum Gasteiger partial charge on any atom is 0.167 e. The third kappa shape index (κ3) is 4.69. The predicted octanol–water partition coefficient (Wildman–Crippen LogP) is 2.40. The summed E-state index contributed by atoms with van der Waals surface area (Å²) in [5.41, 5.74) is 0.0366. The number of hydrogen-bond donors (Lipinski definition) is 0. The minimum atomic E-state index is -0.587. The number of halogens is 2. The number of benzene rings is 1. The molecule has 0 radical (unpaired) electrons. The van der Waals surface area contributed by atoms with E-state index in [4.69, 9.17) is 9.47 Å². The van der Waals surface area contributed by atoms with E-state index in [1.807, 2.05) is 19.0 Å². The molecule has 0 aliphatic rings. The van der Waals surface area contributed by atoms with E-state index >= 15 is 0 Å². The Morgan fingerprint density at radius 3 is 2.21 bits per heavy atom. The van der Waals surface area contributed by atoms with Gasteiger partial charge in [-0.05, 0) is 20.2 Å². The van der Waals surface area contributed by atoms with Gasteiger partial charge in [-0.1, -0.05) is 0 Å². The Morgan fingerprint density at radius 2 is 1.74 bits per heavy atom. The van der Waals surface area contributed by atoms with E-state index in [2.05, 4.69) is 0 Å². The fraction of sp³-hybridized carbons (Fsp3) is 0.462. The highest BCUT2D eigenvalue weighted by molar-refractivity contribution is 5.97. The highest BCUT2D eigenvalue weighted by Gasteiger charge is 2.16. The molecular weight excluding hydrogens is 273 g/mol. The Labute approximate surface area is 118 Å². The Hall–Kier alpha value is -1.33. The first-order chi connectivity index (χ1) is 8.49. The fourth-order valence-electron chi connectivity index (χ4n) is 1.53. The molecule has 4 nitrogen and oxygen atoms in total. The number of ketones is 1. The number of ether oxygens (including phenoxy) is 2. The lowest BCUT2D eigenvalue weighted by Crippen LogP contribution is -2.17. The van der Waals surface area contributed by atoms with Gasteiger partial charge in [0.1, 0.15) is 5.82 Å². The summed E-state index contributed by atoms with van der Waals surface area (Å²) >= 11 is 0. The zero-order chi connectivity index (χ0) is 13.7. The van der Waals surface area contributed by atoms with Crippen molar-refractivity contribution in [3.05, 3.63) is 23.5 Å². The molecule has 0 aromatic heterocycles. The second-order valence-corrected chi connectivity index (χ2v) is 4.16. The SMILES string of the molecule is COc1cc(F)c(C(=O)CCN(C)C)cc1OC.Cl. The van der Waals surface area contributed by atoms with Crippen LogP contribution in [-0.2, 0) is 0 Å². The van der Waals surface area contributed by atoms with Crippen molar-refractivity contribution < 1.29 is 18.7 Å². The molecule has 0 bridgehead atoms. The average Bonchev–Trinajstić information content (AvgIpc) is 2.35. The third-order valence-electron chi connectivity index (χ3n) is 2.56. The second-order valence-electron chi connectivity index (χ2n) is 4.16. The maximum absolute atomic E-state index is 13.8. The molecule has 0 amide bonds. The number of carbonyl (C=O) groups excluding carboxylic acids is 1. The first-order valence-electron chi connectivity index (χ1n) is 5.59. The number of Topliss-reactive ketones (excluding diaryl/α,β-unsaturated/α-hetero) is 1. The molecule has 0 atom stereocenters. The summed E-state index contributed by atoms with van der Waals surface area (Å²) in [4.78, 5) is 13.7. The van der Waals surface area contributed by atoms with E-state index in [-0.39, 0.29) is 35.9 Å². The first-order valence-corrected chi connectivity index (χ1v) is 5.59. The van der Waals surface area contributed by atoms with E-state index in [1.165, 1.54) is 26.4 Å². The lowest BCUT2D eigenvalue weighted by molar-refractivity contribution is 0.0968. The fourth-order valence-corrected chi connectivity index (χ4v) is 1.53. The number of nitrogens with zero attached hydrogens (tertiary/aromatic N) is 1. The van der Waals surface area contributed by atoms with Gasteiger partial charge in [-0.3, -0.25) is 4.79 Å². The Bertz CT molecular complexity index is 438. The quantitative estimate of drug-likeness (QED) is 0.755. The van der Waals surface area contributed by atoms with Crippen molar-refractivity contribution in [2.24, 2.45) is 0 Å². The Morgan fingerprint density at radius 1 is 1.21 bits per heavy atom. The molecule has 0 saturated carbocycles. The minimum Gasteiger partial charge on any atom is -0.493 e. The predicted molar refractivity (Wildman–Crippen MR) is 74.3 cm³/mol. The molecule has 6 heteroatoms. The van der Waals surface area contributed by atoms with Crippen LogP contribution in [-0.4, -0.2) is 45.5 Å². The summed E-state index contributed by atoms with van der Waals surface area (Å²) < 4.78 is 23.8. The van der Waals surface area contributed by atoms with Crippen LogP contribution in [0.15, 0.2) is 12.1 Å². The second kappa shape index (κ2) is 7.96. The highest BCUT2D eigenvalue weighted by Crippen LogP contribution is 2.30. The topological polar surface area (TPSA) is 38.8 Å². The van der Waals surface area contributed by atoms with Gasteiger partial charge in [0, 0.05) is 19.0 Å². The average molecular weight is 292 g/mol. The smallest absolute Gasteiger partial charge is 0.167 e. The minimum absolute atomic E-state index is 0. The van der Waals surface area contributed by atoms with E-state index in [0.717, 1.165) is 0 Å². The Balaban J connectivity index is 0.00000324. The van der Waals surface area contributed by atoms with E-state index < -0.39 is 5.82 Å². The van der Waals surface area contributed by atoms with Gasteiger partial charge in [0.05, 0.1) is 19.8 Å². The number of methoxy groups -OCH3 is 2. The summed E-state index contributed by atoms with van der Waals surface area (Å²) in [7, 11) is 6.59. The van der Waals surface area contributed by atoms with Crippen LogP contribution in [0.4, 0.5) is 4.39 Å². The van der Waals surface area contributed by atoms with Crippen LogP contribution in [0.2, 0.25) is 0 Å². The van der Waals surface area contributed by atoms with Crippen molar-refractivity contribution in [2.75, 3.05) is 34.9 Å². The van der Waals surface area contributed by atoms with Crippen LogP contribution in [0.5, 0.6) is 11.5 Å². The van der Waals surface area contributed by atoms with Crippen molar-refractivity contribution >= 4 is 18.2 Å². The molecule has 0 saturated heterocycles. The van der Waals surface area contributed by atoms with E-state index in [0.29, 0.717) is 12.3 Å². The van der Waals surface area contributed by atoms with E-state index in [1.54, 1.807) is 0 Å². The molecular formula is C13H19ClFNO3. The summed E-state index contributed by atoms with van der Waals surface area (Å²) in [5, 5.41) is 0. The van der Waals surface area contributed by atoms with Gasteiger partial charge < -0.3 is 14.4 Å². The third-order valence-corrected chi connectivity index (χ3v) is 2.56. The molecule has 1 aromatic carbocycles. The normalized spacial score (nSPS) is 10.0. The lowest BCUT2D eigenvalue weighted by atomic mass is 10.1. The Kier molecular flexibility index (Phi) is 7.41. The molecule has 0 heterocycles. The first kappa shape index (κ1) is 17.7. The number of rotatable bonds is 6. The molecule has 0 spiro atoms. The summed E-state index contributed by atoms with van der Waals surface area (Å²) in [6, 6.07) is 2.55. The van der Waals surface area contributed by atoms with Crippen LogP contribution in [0, 0.1) is 5.82 Å². The molecule has 0 aliphatic carbocycles. The number of carbonyl (C=O) groups is 1. The largest absolute Gasteiger partial charge is 0.493 e. The summed E-state index contributed by atoms with van der Waals surface area (Å²) in [6.45, 7) is 0.576. The molecule has 0 fully saturated rings. The number of hydrogen-bond acceptors (Lipinski definition) is 4. The van der Waals surface area contributed by atoms with Gasteiger partial charge >= 0.3 is 0 Å². The molecule has 0 unspecified atom stereocenters. The molecule has 0 N–H and O–H groups in total. The van der Waals surface area contributed by atoms with Crippen LogP contribution in [0.25, 0.3) is 0 Å².